The molecule has 0 atom stereocenters. The van der Waals surface area contributed by atoms with Crippen LogP contribution in [0.25, 0.3) is 10.8 Å². The Kier molecular flexibility index (Phi) is 6.40. The van der Waals surface area contributed by atoms with Crippen LogP contribution in [0.1, 0.15) is 12.1 Å². The summed E-state index contributed by atoms with van der Waals surface area (Å²) in [5.41, 5.74) is 6.52. The maximum absolute atomic E-state index is 5.79. The lowest BCUT2D eigenvalue weighted by atomic mass is 10.1. The van der Waals surface area contributed by atoms with E-state index in [2.05, 4.69) is 4.98 Å². The highest BCUT2D eigenvalue weighted by Gasteiger charge is 2.06. The molecular formula is C16H22N2O3. The summed E-state index contributed by atoms with van der Waals surface area (Å²) in [5, 5.41) is 2.11. The SMILES string of the molecule is COCCOCCCOc1nc(CN)cc2ccccc12. The Morgan fingerprint density at radius 1 is 1.10 bits per heavy atom. The summed E-state index contributed by atoms with van der Waals surface area (Å²) >= 11 is 0. The second kappa shape index (κ2) is 8.56. The Hall–Kier alpha value is -1.69. The normalized spacial score (nSPS) is 11.0. The molecule has 1 aromatic carbocycles. The van der Waals surface area contributed by atoms with Crippen LogP contribution in [-0.2, 0) is 16.0 Å². The summed E-state index contributed by atoms with van der Waals surface area (Å²) in [6.07, 6.45) is 0.812. The number of hydrogen-bond donors (Lipinski definition) is 1. The molecule has 2 aromatic rings. The summed E-state index contributed by atoms with van der Waals surface area (Å²) in [7, 11) is 1.66. The first-order chi connectivity index (χ1) is 10.3. The second-order valence-electron chi connectivity index (χ2n) is 4.65. The minimum absolute atomic E-state index is 0.404. The van der Waals surface area contributed by atoms with Crippen molar-refractivity contribution in [1.82, 2.24) is 4.98 Å². The van der Waals surface area contributed by atoms with Crippen LogP contribution in [0.2, 0.25) is 0 Å². The molecule has 2 rings (SSSR count). The van der Waals surface area contributed by atoms with Gasteiger partial charge in [0.25, 0.3) is 0 Å². The van der Waals surface area contributed by atoms with Gasteiger partial charge in [-0.05, 0) is 17.5 Å². The summed E-state index contributed by atoms with van der Waals surface area (Å²) in [6, 6.07) is 10.0. The molecule has 114 valence electrons. The number of methoxy groups -OCH3 is 1. The lowest BCUT2D eigenvalue weighted by molar-refractivity contribution is 0.0643. The standard InChI is InChI=1S/C16H22N2O3/c1-19-9-10-20-7-4-8-21-16-15-6-3-2-5-13(15)11-14(12-17)18-16/h2-3,5-6,11H,4,7-10,12,17H2,1H3. The van der Waals surface area contributed by atoms with Crippen molar-refractivity contribution < 1.29 is 14.2 Å². The fraction of sp³-hybridized carbons (Fsp3) is 0.438. The van der Waals surface area contributed by atoms with Crippen LogP contribution in [0.3, 0.4) is 0 Å². The molecule has 0 aliphatic carbocycles. The lowest BCUT2D eigenvalue weighted by Gasteiger charge is -2.10. The van der Waals surface area contributed by atoms with E-state index in [4.69, 9.17) is 19.9 Å². The van der Waals surface area contributed by atoms with Crippen LogP contribution < -0.4 is 10.5 Å². The number of pyridine rings is 1. The van der Waals surface area contributed by atoms with Crippen LogP contribution in [0.4, 0.5) is 0 Å². The Morgan fingerprint density at radius 2 is 1.95 bits per heavy atom. The van der Waals surface area contributed by atoms with Crippen molar-refractivity contribution in [3.05, 3.63) is 36.0 Å². The molecule has 0 amide bonds. The highest BCUT2D eigenvalue weighted by molar-refractivity contribution is 5.87. The van der Waals surface area contributed by atoms with Crippen molar-refractivity contribution in [2.45, 2.75) is 13.0 Å². The van der Waals surface area contributed by atoms with Gasteiger partial charge in [-0.25, -0.2) is 4.98 Å². The topological polar surface area (TPSA) is 66.6 Å². The highest BCUT2D eigenvalue weighted by atomic mass is 16.5. The molecule has 2 N–H and O–H groups in total. The fourth-order valence-corrected chi connectivity index (χ4v) is 2.01. The molecule has 0 spiro atoms. The van der Waals surface area contributed by atoms with Crippen LogP contribution in [0.15, 0.2) is 30.3 Å². The van der Waals surface area contributed by atoms with Crippen molar-refractivity contribution in [3.8, 4) is 5.88 Å². The zero-order valence-electron chi connectivity index (χ0n) is 12.4. The molecule has 0 aliphatic heterocycles. The zero-order valence-corrected chi connectivity index (χ0v) is 12.4. The van der Waals surface area contributed by atoms with E-state index in [-0.39, 0.29) is 0 Å². The summed E-state index contributed by atoms with van der Waals surface area (Å²) in [4.78, 5) is 4.46. The summed E-state index contributed by atoms with van der Waals surface area (Å²) in [6.45, 7) is 2.85. The van der Waals surface area contributed by atoms with Gasteiger partial charge in [-0.2, -0.15) is 0 Å². The molecule has 21 heavy (non-hydrogen) atoms. The molecule has 0 unspecified atom stereocenters. The monoisotopic (exact) mass is 290 g/mol. The van der Waals surface area contributed by atoms with E-state index in [0.717, 1.165) is 22.9 Å². The van der Waals surface area contributed by atoms with Crippen LogP contribution in [0.5, 0.6) is 5.88 Å². The number of nitrogens with two attached hydrogens (primary N) is 1. The Labute approximate surface area is 125 Å². The van der Waals surface area contributed by atoms with Crippen molar-refractivity contribution in [1.29, 1.82) is 0 Å². The third-order valence-corrected chi connectivity index (χ3v) is 3.07. The maximum Gasteiger partial charge on any atom is 0.221 e. The predicted molar refractivity (Wildman–Crippen MR) is 82.4 cm³/mol. The molecule has 0 saturated heterocycles. The second-order valence-corrected chi connectivity index (χ2v) is 4.65. The van der Waals surface area contributed by atoms with Gasteiger partial charge in [0, 0.05) is 32.1 Å². The van der Waals surface area contributed by atoms with Crippen LogP contribution in [0, 0.1) is 0 Å². The smallest absolute Gasteiger partial charge is 0.221 e. The average Bonchev–Trinajstić information content (AvgIpc) is 2.53. The molecule has 5 heteroatoms. The molecule has 0 bridgehead atoms. The largest absolute Gasteiger partial charge is 0.477 e. The van der Waals surface area contributed by atoms with Crippen LogP contribution >= 0.6 is 0 Å². The quantitative estimate of drug-likeness (QED) is 0.717. The van der Waals surface area contributed by atoms with E-state index in [1.165, 1.54) is 0 Å². The number of aromatic nitrogens is 1. The molecule has 0 saturated carbocycles. The zero-order chi connectivity index (χ0) is 14.9. The van der Waals surface area contributed by atoms with Crippen molar-refractivity contribution >= 4 is 10.8 Å². The molecular weight excluding hydrogens is 268 g/mol. The van der Waals surface area contributed by atoms with E-state index in [1.807, 2.05) is 30.3 Å². The number of benzene rings is 1. The van der Waals surface area contributed by atoms with Crippen molar-refractivity contribution in [3.63, 3.8) is 0 Å². The first kappa shape index (κ1) is 15.7. The van der Waals surface area contributed by atoms with Gasteiger partial charge in [0.1, 0.15) is 0 Å². The first-order valence-electron chi connectivity index (χ1n) is 7.13. The van der Waals surface area contributed by atoms with Crippen molar-refractivity contribution in [2.24, 2.45) is 5.73 Å². The van der Waals surface area contributed by atoms with Gasteiger partial charge in [0.15, 0.2) is 0 Å². The minimum atomic E-state index is 0.404. The van der Waals surface area contributed by atoms with E-state index in [1.54, 1.807) is 7.11 Å². The van der Waals surface area contributed by atoms with Gasteiger partial charge >= 0.3 is 0 Å². The third-order valence-electron chi connectivity index (χ3n) is 3.07. The minimum Gasteiger partial charge on any atom is -0.477 e. The highest BCUT2D eigenvalue weighted by Crippen LogP contribution is 2.24. The fourth-order valence-electron chi connectivity index (χ4n) is 2.01. The number of rotatable bonds is 9. The molecule has 1 heterocycles. The Balaban J connectivity index is 1.91. The first-order valence-corrected chi connectivity index (χ1v) is 7.13. The number of ether oxygens (including phenoxy) is 3. The van der Waals surface area contributed by atoms with Crippen LogP contribution in [-0.4, -0.2) is 38.5 Å². The van der Waals surface area contributed by atoms with E-state index in [9.17, 15) is 0 Å². The molecule has 1 aromatic heterocycles. The van der Waals surface area contributed by atoms with E-state index >= 15 is 0 Å². The number of fused-ring (bicyclic) bond motifs is 1. The number of nitrogens with zero attached hydrogens (tertiary/aromatic N) is 1. The maximum atomic E-state index is 5.79. The summed E-state index contributed by atoms with van der Waals surface area (Å²) in [5.74, 6) is 0.644. The van der Waals surface area contributed by atoms with Gasteiger partial charge in [0.2, 0.25) is 5.88 Å². The molecule has 0 fully saturated rings. The number of hydrogen-bond acceptors (Lipinski definition) is 5. The van der Waals surface area contributed by atoms with Gasteiger partial charge in [-0.1, -0.05) is 18.2 Å². The predicted octanol–water partition coefficient (Wildman–Crippen LogP) is 2.13. The molecule has 0 radical (unpaired) electrons. The Morgan fingerprint density at radius 3 is 2.76 bits per heavy atom. The molecule has 0 aliphatic rings. The van der Waals surface area contributed by atoms with E-state index in [0.29, 0.717) is 38.9 Å². The van der Waals surface area contributed by atoms with E-state index < -0.39 is 0 Å². The average molecular weight is 290 g/mol. The van der Waals surface area contributed by atoms with Crippen molar-refractivity contribution in [2.75, 3.05) is 33.5 Å². The lowest BCUT2D eigenvalue weighted by Crippen LogP contribution is -2.08. The van der Waals surface area contributed by atoms with Gasteiger partial charge in [-0.15, -0.1) is 0 Å². The third kappa shape index (κ3) is 4.67. The Bertz CT molecular complexity index is 560. The van der Waals surface area contributed by atoms with Gasteiger partial charge in [-0.3, -0.25) is 0 Å². The summed E-state index contributed by atoms with van der Waals surface area (Å²) < 4.78 is 16.1. The van der Waals surface area contributed by atoms with Gasteiger partial charge < -0.3 is 19.9 Å². The van der Waals surface area contributed by atoms with Gasteiger partial charge in [0.05, 0.1) is 25.5 Å². The molecule has 5 nitrogen and oxygen atoms in total.